The molecule has 1 aromatic heterocycles. The fraction of sp³-hybridized carbons (Fsp3) is 0.167. The molecule has 0 aliphatic heterocycles. The molecule has 6 nitrogen and oxygen atoms in total. The van der Waals surface area contributed by atoms with Gasteiger partial charge in [0.25, 0.3) is 11.3 Å². The van der Waals surface area contributed by atoms with E-state index in [0.717, 1.165) is 0 Å². The first-order chi connectivity index (χ1) is 12.4. The second-order valence-corrected chi connectivity index (χ2v) is 5.99. The Labute approximate surface area is 153 Å². The van der Waals surface area contributed by atoms with Crippen LogP contribution in [0.15, 0.2) is 40.8 Å². The second-order valence-electron chi connectivity index (χ2n) is 5.67. The predicted molar refractivity (Wildman–Crippen MR) is 95.7 cm³/mol. The monoisotopic (exact) mass is 375 g/mol. The molecule has 0 spiro atoms. The number of carbonyl (C=O) groups is 2. The summed E-state index contributed by atoms with van der Waals surface area (Å²) in [5, 5.41) is 5.31. The maximum Gasteiger partial charge on any atom is 0.293 e. The number of aromatic nitrogens is 1. The van der Waals surface area contributed by atoms with Crippen molar-refractivity contribution in [3.05, 3.63) is 58.7 Å². The highest BCUT2D eigenvalue weighted by atomic mass is 35.5. The Kier molecular flexibility index (Phi) is 5.18. The molecule has 0 aliphatic rings. The van der Waals surface area contributed by atoms with Gasteiger partial charge in [-0.15, -0.1) is 0 Å². The lowest BCUT2D eigenvalue weighted by molar-refractivity contribution is -0.116. The van der Waals surface area contributed by atoms with E-state index in [-0.39, 0.29) is 35.9 Å². The van der Waals surface area contributed by atoms with Crippen molar-refractivity contribution < 1.29 is 18.4 Å². The van der Waals surface area contributed by atoms with E-state index in [9.17, 15) is 14.0 Å². The standard InChI is InChI=1S/C18H15ClFN3O3/c1-10-8-12(3-4-13(10)20)22-16(24)6-7-21-17(25)11-2-5-14-15(9-11)26-18(19)23-14/h2-5,8-9H,6-7H2,1H3,(H,21,25)(H,22,24). The number of benzene rings is 2. The maximum atomic E-state index is 13.2. The Bertz CT molecular complexity index is 987. The summed E-state index contributed by atoms with van der Waals surface area (Å²) in [6.07, 6.45) is 0.0819. The molecule has 3 aromatic rings. The fourth-order valence-corrected chi connectivity index (χ4v) is 2.55. The summed E-state index contributed by atoms with van der Waals surface area (Å²) in [5.41, 5.74) is 2.29. The molecule has 8 heteroatoms. The van der Waals surface area contributed by atoms with Crippen molar-refractivity contribution in [1.82, 2.24) is 10.3 Å². The van der Waals surface area contributed by atoms with E-state index in [1.807, 2.05) is 0 Å². The third kappa shape index (κ3) is 4.18. The number of carbonyl (C=O) groups excluding carboxylic acids is 2. The van der Waals surface area contributed by atoms with Gasteiger partial charge in [-0.1, -0.05) is 0 Å². The zero-order valence-corrected chi connectivity index (χ0v) is 14.6. The van der Waals surface area contributed by atoms with E-state index in [1.165, 1.54) is 18.2 Å². The average Bonchev–Trinajstić information content (AvgIpc) is 2.97. The number of halogens is 2. The van der Waals surface area contributed by atoms with E-state index in [2.05, 4.69) is 15.6 Å². The van der Waals surface area contributed by atoms with Gasteiger partial charge >= 0.3 is 0 Å². The average molecular weight is 376 g/mol. The van der Waals surface area contributed by atoms with Gasteiger partial charge in [-0.3, -0.25) is 9.59 Å². The van der Waals surface area contributed by atoms with E-state index in [0.29, 0.717) is 27.9 Å². The Balaban J connectivity index is 1.52. The lowest BCUT2D eigenvalue weighted by Crippen LogP contribution is -2.27. The van der Waals surface area contributed by atoms with Gasteiger partial charge in [0.2, 0.25) is 5.91 Å². The van der Waals surface area contributed by atoms with Crippen LogP contribution >= 0.6 is 11.6 Å². The number of nitrogens with one attached hydrogen (secondary N) is 2. The first kappa shape index (κ1) is 17.9. The molecule has 0 bridgehead atoms. The van der Waals surface area contributed by atoms with E-state index in [1.54, 1.807) is 25.1 Å². The fourth-order valence-electron chi connectivity index (χ4n) is 2.38. The molecule has 2 N–H and O–H groups in total. The number of aryl methyl sites for hydroxylation is 1. The largest absolute Gasteiger partial charge is 0.428 e. The summed E-state index contributed by atoms with van der Waals surface area (Å²) < 4.78 is 18.4. The summed E-state index contributed by atoms with van der Waals surface area (Å²) in [7, 11) is 0. The smallest absolute Gasteiger partial charge is 0.293 e. The van der Waals surface area contributed by atoms with Crippen LogP contribution in [0.4, 0.5) is 10.1 Å². The van der Waals surface area contributed by atoms with Crippen molar-refractivity contribution in [3.63, 3.8) is 0 Å². The van der Waals surface area contributed by atoms with E-state index >= 15 is 0 Å². The van der Waals surface area contributed by atoms with E-state index in [4.69, 9.17) is 16.0 Å². The maximum absolute atomic E-state index is 13.2. The minimum Gasteiger partial charge on any atom is -0.428 e. The number of rotatable bonds is 5. The lowest BCUT2D eigenvalue weighted by Gasteiger charge is -2.08. The molecule has 26 heavy (non-hydrogen) atoms. The molecule has 0 radical (unpaired) electrons. The van der Waals surface area contributed by atoms with Gasteiger partial charge in [0, 0.05) is 24.2 Å². The van der Waals surface area contributed by atoms with Gasteiger partial charge in [0.1, 0.15) is 11.3 Å². The minimum atomic E-state index is -0.343. The molecule has 2 aromatic carbocycles. The summed E-state index contributed by atoms with van der Waals surface area (Å²) in [6, 6.07) is 9.07. The van der Waals surface area contributed by atoms with Crippen molar-refractivity contribution in [2.75, 3.05) is 11.9 Å². The van der Waals surface area contributed by atoms with Gasteiger partial charge in [-0.2, -0.15) is 4.98 Å². The van der Waals surface area contributed by atoms with Crippen LogP contribution in [0.1, 0.15) is 22.3 Å². The third-order valence-corrected chi connectivity index (χ3v) is 3.87. The summed E-state index contributed by atoms with van der Waals surface area (Å²) in [4.78, 5) is 28.0. The van der Waals surface area contributed by atoms with Gasteiger partial charge < -0.3 is 15.1 Å². The summed E-state index contributed by atoms with van der Waals surface area (Å²) >= 11 is 5.67. The quantitative estimate of drug-likeness (QED) is 0.712. The second kappa shape index (κ2) is 7.53. The van der Waals surface area contributed by atoms with Crippen LogP contribution < -0.4 is 10.6 Å². The number of hydrogen-bond donors (Lipinski definition) is 2. The molecule has 1 heterocycles. The van der Waals surface area contributed by atoms with Crippen LogP contribution in [0.25, 0.3) is 11.1 Å². The Hall–Kier alpha value is -2.93. The normalized spacial score (nSPS) is 10.7. The number of anilines is 1. The Morgan fingerprint density at radius 2 is 2.04 bits per heavy atom. The van der Waals surface area contributed by atoms with E-state index < -0.39 is 0 Å². The topological polar surface area (TPSA) is 84.2 Å². The van der Waals surface area contributed by atoms with Crippen LogP contribution in [-0.4, -0.2) is 23.3 Å². The number of fused-ring (bicyclic) bond motifs is 1. The lowest BCUT2D eigenvalue weighted by atomic mass is 10.2. The summed E-state index contributed by atoms with van der Waals surface area (Å²) in [5.74, 6) is -0.959. The van der Waals surface area contributed by atoms with Crippen molar-refractivity contribution >= 4 is 40.2 Å². The SMILES string of the molecule is Cc1cc(NC(=O)CCNC(=O)c2ccc3nc(Cl)oc3c2)ccc1F. The molecule has 134 valence electrons. The number of hydrogen-bond acceptors (Lipinski definition) is 4. The van der Waals surface area contributed by atoms with Gasteiger partial charge in [0.05, 0.1) is 0 Å². The molecular weight excluding hydrogens is 361 g/mol. The van der Waals surface area contributed by atoms with Crippen molar-refractivity contribution in [2.45, 2.75) is 13.3 Å². The zero-order valence-electron chi connectivity index (χ0n) is 13.8. The van der Waals surface area contributed by atoms with Crippen LogP contribution in [0.5, 0.6) is 0 Å². The first-order valence-corrected chi connectivity index (χ1v) is 8.20. The van der Waals surface area contributed by atoms with Gasteiger partial charge in [-0.05, 0) is 60.5 Å². The molecule has 0 atom stereocenters. The van der Waals surface area contributed by atoms with Crippen molar-refractivity contribution in [1.29, 1.82) is 0 Å². The molecule has 0 saturated heterocycles. The number of oxazole rings is 1. The highest BCUT2D eigenvalue weighted by Gasteiger charge is 2.11. The molecule has 3 rings (SSSR count). The zero-order chi connectivity index (χ0) is 18.7. The predicted octanol–water partition coefficient (Wildman–Crippen LogP) is 3.69. The highest BCUT2D eigenvalue weighted by molar-refractivity contribution is 6.28. The van der Waals surface area contributed by atoms with Crippen molar-refractivity contribution in [3.8, 4) is 0 Å². The molecule has 0 fully saturated rings. The summed E-state index contributed by atoms with van der Waals surface area (Å²) in [6.45, 7) is 1.77. The van der Waals surface area contributed by atoms with Gasteiger partial charge in [-0.25, -0.2) is 4.39 Å². The van der Waals surface area contributed by atoms with Crippen LogP contribution in [0, 0.1) is 12.7 Å². The van der Waals surface area contributed by atoms with Crippen LogP contribution in [-0.2, 0) is 4.79 Å². The number of amides is 2. The Morgan fingerprint density at radius 1 is 1.23 bits per heavy atom. The van der Waals surface area contributed by atoms with Gasteiger partial charge in [0.15, 0.2) is 5.58 Å². The van der Waals surface area contributed by atoms with Crippen molar-refractivity contribution in [2.24, 2.45) is 0 Å². The third-order valence-electron chi connectivity index (χ3n) is 3.70. The molecule has 0 unspecified atom stereocenters. The Morgan fingerprint density at radius 3 is 2.81 bits per heavy atom. The highest BCUT2D eigenvalue weighted by Crippen LogP contribution is 2.20. The molecule has 0 aliphatic carbocycles. The molecular formula is C18H15ClFN3O3. The van der Waals surface area contributed by atoms with Crippen LogP contribution in [0.3, 0.4) is 0 Å². The molecule has 0 saturated carbocycles. The molecule has 2 amide bonds. The number of nitrogens with zero attached hydrogens (tertiary/aromatic N) is 1. The minimum absolute atomic E-state index is 0.00487. The first-order valence-electron chi connectivity index (χ1n) is 7.82. The van der Waals surface area contributed by atoms with Crippen LogP contribution in [0.2, 0.25) is 5.35 Å².